The topological polar surface area (TPSA) is 52.6 Å². The first-order valence-electron chi connectivity index (χ1n) is 8.67. The number of esters is 2. The van der Waals surface area contributed by atoms with Crippen molar-refractivity contribution in [2.24, 2.45) is 0 Å². The zero-order valence-electron chi connectivity index (χ0n) is 15.2. The lowest BCUT2D eigenvalue weighted by molar-refractivity contribution is -0.139. The van der Waals surface area contributed by atoms with Gasteiger partial charge in [-0.3, -0.25) is 0 Å². The summed E-state index contributed by atoms with van der Waals surface area (Å²) in [4.78, 5) is 21.6. The summed E-state index contributed by atoms with van der Waals surface area (Å²) in [6.45, 7) is 14.3. The van der Waals surface area contributed by atoms with Gasteiger partial charge in [-0.25, -0.2) is 9.59 Å². The Morgan fingerprint density at radius 3 is 1.87 bits per heavy atom. The van der Waals surface area contributed by atoms with Crippen LogP contribution in [0.4, 0.5) is 0 Å². The third kappa shape index (κ3) is 18.4. The van der Waals surface area contributed by atoms with E-state index in [9.17, 15) is 9.59 Å². The fourth-order valence-electron chi connectivity index (χ4n) is 1.48. The summed E-state index contributed by atoms with van der Waals surface area (Å²) >= 11 is 0. The van der Waals surface area contributed by atoms with Gasteiger partial charge in [-0.15, -0.1) is 0 Å². The lowest BCUT2D eigenvalue weighted by Gasteiger charge is -2.05. The summed E-state index contributed by atoms with van der Waals surface area (Å²) in [5.74, 6) is -0.544. The Hall–Kier alpha value is -1.58. The van der Waals surface area contributed by atoms with E-state index in [0.717, 1.165) is 51.4 Å². The molecule has 0 amide bonds. The van der Waals surface area contributed by atoms with Crippen molar-refractivity contribution >= 4 is 11.9 Å². The van der Waals surface area contributed by atoms with E-state index in [1.807, 2.05) is 6.92 Å². The van der Waals surface area contributed by atoms with Gasteiger partial charge < -0.3 is 9.47 Å². The maximum Gasteiger partial charge on any atom is 0.333 e. The first-order valence-corrected chi connectivity index (χ1v) is 8.67. The van der Waals surface area contributed by atoms with Crippen LogP contribution in [0.25, 0.3) is 0 Å². The summed E-state index contributed by atoms with van der Waals surface area (Å²) in [5, 5.41) is 0. The maximum atomic E-state index is 11.3. The van der Waals surface area contributed by atoms with Crippen LogP contribution in [-0.4, -0.2) is 25.2 Å². The van der Waals surface area contributed by atoms with Gasteiger partial charge >= 0.3 is 11.9 Å². The molecule has 134 valence electrons. The molecule has 0 aliphatic heterocycles. The van der Waals surface area contributed by atoms with Gasteiger partial charge in [0.25, 0.3) is 0 Å². The van der Waals surface area contributed by atoms with Crippen LogP contribution in [-0.2, 0) is 19.1 Å². The van der Waals surface area contributed by atoms with Crippen molar-refractivity contribution in [2.75, 3.05) is 13.2 Å². The second-order valence-corrected chi connectivity index (χ2v) is 5.28. The van der Waals surface area contributed by atoms with Gasteiger partial charge in [0.05, 0.1) is 13.2 Å². The molecule has 0 aromatic rings. The number of hydrogen-bond acceptors (Lipinski definition) is 4. The molecule has 0 bridgehead atoms. The molecule has 0 saturated heterocycles. The summed E-state index contributed by atoms with van der Waals surface area (Å²) in [5.41, 5.74) is 0.620. The van der Waals surface area contributed by atoms with Crippen molar-refractivity contribution in [1.29, 1.82) is 0 Å². The van der Waals surface area contributed by atoms with Gasteiger partial charge in [0.1, 0.15) is 0 Å². The lowest BCUT2D eigenvalue weighted by Crippen LogP contribution is -2.08. The molecule has 0 spiro atoms. The average molecular weight is 326 g/mol. The normalized spacial score (nSPS) is 9.35. The number of carbonyl (C=O) groups excluding carboxylic acids is 2. The first kappa shape index (κ1) is 23.7. The van der Waals surface area contributed by atoms with Crippen LogP contribution in [0.3, 0.4) is 0 Å². The quantitative estimate of drug-likeness (QED) is 0.288. The minimum atomic E-state index is -0.330. The van der Waals surface area contributed by atoms with Crippen molar-refractivity contribution in [1.82, 2.24) is 0 Å². The Morgan fingerprint density at radius 1 is 0.870 bits per heavy atom. The predicted octanol–water partition coefficient (Wildman–Crippen LogP) is 4.98. The highest BCUT2D eigenvalue weighted by Gasteiger charge is 2.06. The molecule has 0 heterocycles. The molecule has 0 aromatic carbocycles. The molecule has 4 heteroatoms. The van der Waals surface area contributed by atoms with Crippen molar-refractivity contribution in [3.63, 3.8) is 0 Å². The van der Waals surface area contributed by atoms with Crippen LogP contribution >= 0.6 is 0 Å². The largest absolute Gasteiger partial charge is 0.463 e. The Labute approximate surface area is 141 Å². The molecular formula is C19H34O4. The molecule has 0 rings (SSSR count). The van der Waals surface area contributed by atoms with E-state index >= 15 is 0 Å². The zero-order valence-corrected chi connectivity index (χ0v) is 15.2. The number of ether oxygens (including phenoxy) is 2. The van der Waals surface area contributed by atoms with Crippen LogP contribution in [0.5, 0.6) is 0 Å². The minimum absolute atomic E-state index is 0.213. The molecule has 0 aliphatic carbocycles. The van der Waals surface area contributed by atoms with Crippen LogP contribution in [0.2, 0.25) is 0 Å². The van der Waals surface area contributed by atoms with Crippen LogP contribution < -0.4 is 0 Å². The summed E-state index contributed by atoms with van der Waals surface area (Å²) in [6, 6.07) is 0. The molecule has 23 heavy (non-hydrogen) atoms. The average Bonchev–Trinajstić information content (AvgIpc) is 2.55. The molecule has 0 unspecified atom stereocenters. The number of unbranched alkanes of at least 4 members (excludes halogenated alkanes) is 4. The summed E-state index contributed by atoms with van der Waals surface area (Å²) in [7, 11) is 0. The third-order valence-corrected chi connectivity index (χ3v) is 3.01. The molecular weight excluding hydrogens is 292 g/mol. The molecule has 0 atom stereocenters. The smallest absolute Gasteiger partial charge is 0.333 e. The second-order valence-electron chi connectivity index (χ2n) is 5.28. The van der Waals surface area contributed by atoms with Crippen molar-refractivity contribution in [3.05, 3.63) is 24.8 Å². The SMILES string of the molecule is C=C(CCCCC)C(=O)OCCCC.C=CC(=O)OCCCC. The highest BCUT2D eigenvalue weighted by Crippen LogP contribution is 2.08. The van der Waals surface area contributed by atoms with Crippen LogP contribution in [0.1, 0.15) is 72.1 Å². The Balaban J connectivity index is 0. The summed E-state index contributed by atoms with van der Waals surface area (Å²) in [6.07, 6.45) is 9.28. The van der Waals surface area contributed by atoms with Crippen molar-refractivity contribution in [2.45, 2.75) is 72.1 Å². The van der Waals surface area contributed by atoms with Crippen molar-refractivity contribution < 1.29 is 19.1 Å². The summed E-state index contributed by atoms with van der Waals surface area (Å²) < 4.78 is 9.71. The second kappa shape index (κ2) is 18.5. The van der Waals surface area contributed by atoms with E-state index < -0.39 is 0 Å². The lowest BCUT2D eigenvalue weighted by atomic mass is 10.1. The standard InChI is InChI=1S/C12H22O2.C7H12O2/c1-4-6-8-9-11(3)12(13)14-10-7-5-2;1-3-5-6-9-7(8)4-2/h3-10H2,1-2H3;4H,2-3,5-6H2,1H3. The number of hydrogen-bond donors (Lipinski definition) is 0. The van der Waals surface area contributed by atoms with Crippen molar-refractivity contribution in [3.8, 4) is 0 Å². The molecule has 0 aromatic heterocycles. The maximum absolute atomic E-state index is 11.3. The fraction of sp³-hybridized carbons (Fsp3) is 0.684. The molecule has 0 N–H and O–H groups in total. The third-order valence-electron chi connectivity index (χ3n) is 3.01. The van der Waals surface area contributed by atoms with E-state index in [-0.39, 0.29) is 11.9 Å². The molecule has 0 fully saturated rings. The minimum Gasteiger partial charge on any atom is -0.463 e. The highest BCUT2D eigenvalue weighted by molar-refractivity contribution is 5.87. The van der Waals surface area contributed by atoms with Gasteiger partial charge in [-0.2, -0.15) is 0 Å². The monoisotopic (exact) mass is 326 g/mol. The highest BCUT2D eigenvalue weighted by atomic mass is 16.5. The Bertz CT molecular complexity index is 314. The van der Waals surface area contributed by atoms with Gasteiger partial charge in [-0.05, 0) is 25.7 Å². The molecule has 0 radical (unpaired) electrons. The fourth-order valence-corrected chi connectivity index (χ4v) is 1.48. The Morgan fingerprint density at radius 2 is 1.39 bits per heavy atom. The van der Waals surface area contributed by atoms with E-state index in [2.05, 4.69) is 31.7 Å². The predicted molar refractivity (Wildman–Crippen MR) is 95.2 cm³/mol. The van der Waals surface area contributed by atoms with E-state index in [1.54, 1.807) is 0 Å². The van der Waals surface area contributed by atoms with Gasteiger partial charge in [0, 0.05) is 11.6 Å². The van der Waals surface area contributed by atoms with Gasteiger partial charge in [-0.1, -0.05) is 59.6 Å². The van der Waals surface area contributed by atoms with Gasteiger partial charge in [0.2, 0.25) is 0 Å². The molecule has 0 aliphatic rings. The van der Waals surface area contributed by atoms with Crippen LogP contribution in [0, 0.1) is 0 Å². The Kier molecular flexibility index (Phi) is 19.0. The number of carbonyl (C=O) groups is 2. The zero-order chi connectivity index (χ0) is 17.9. The van der Waals surface area contributed by atoms with E-state index in [0.29, 0.717) is 18.8 Å². The van der Waals surface area contributed by atoms with Gasteiger partial charge in [0.15, 0.2) is 0 Å². The van der Waals surface area contributed by atoms with E-state index in [1.165, 1.54) is 6.08 Å². The molecule has 4 nitrogen and oxygen atoms in total. The first-order chi connectivity index (χ1) is 11.0. The molecule has 0 saturated carbocycles. The van der Waals surface area contributed by atoms with E-state index in [4.69, 9.17) is 4.74 Å². The van der Waals surface area contributed by atoms with Crippen LogP contribution in [0.15, 0.2) is 24.8 Å². The number of rotatable bonds is 12.